The van der Waals surface area contributed by atoms with Gasteiger partial charge in [-0.25, -0.2) is 5.43 Å². The fraction of sp³-hybridized carbons (Fsp3) is 0.300. The van der Waals surface area contributed by atoms with E-state index in [4.69, 9.17) is 16.3 Å². The number of benzene rings is 2. The van der Waals surface area contributed by atoms with Gasteiger partial charge in [-0.1, -0.05) is 48.4 Å². The molecular weight excluding hydrogens is 336 g/mol. The van der Waals surface area contributed by atoms with Crippen molar-refractivity contribution in [3.05, 3.63) is 64.2 Å². The summed E-state index contributed by atoms with van der Waals surface area (Å²) in [4.78, 5) is 12.3. The van der Waals surface area contributed by atoms with Crippen molar-refractivity contribution in [1.29, 1.82) is 0 Å². The van der Waals surface area contributed by atoms with Gasteiger partial charge in [-0.05, 0) is 56.5 Å². The Morgan fingerprint density at radius 3 is 2.48 bits per heavy atom. The van der Waals surface area contributed by atoms with Gasteiger partial charge in [0.2, 0.25) is 0 Å². The number of hydrogen-bond donors (Lipinski definition) is 1. The van der Waals surface area contributed by atoms with E-state index in [-0.39, 0.29) is 5.91 Å². The Bertz CT molecular complexity index is 770. The minimum Gasteiger partial charge on any atom is -0.481 e. The average molecular weight is 359 g/mol. The lowest BCUT2D eigenvalue weighted by molar-refractivity contribution is -0.127. The minimum absolute atomic E-state index is 0.299. The maximum absolute atomic E-state index is 12.3. The van der Waals surface area contributed by atoms with Crippen LogP contribution in [0.4, 0.5) is 0 Å². The van der Waals surface area contributed by atoms with Crippen LogP contribution in [-0.4, -0.2) is 17.7 Å². The third kappa shape index (κ3) is 5.33. The number of carbonyl (C=O) groups excluding carboxylic acids is 1. The number of hydrazone groups is 1. The zero-order chi connectivity index (χ0) is 18.4. The number of nitrogens with zero attached hydrogens (tertiary/aromatic N) is 1. The van der Waals surface area contributed by atoms with E-state index in [9.17, 15) is 4.79 Å². The van der Waals surface area contributed by atoms with Crippen molar-refractivity contribution in [3.63, 3.8) is 0 Å². The predicted octanol–water partition coefficient (Wildman–Crippen LogP) is 4.65. The molecule has 4 nitrogen and oxygen atoms in total. The van der Waals surface area contributed by atoms with Gasteiger partial charge in [0.25, 0.3) is 5.91 Å². The number of nitrogens with one attached hydrogen (secondary N) is 1. The molecule has 0 aromatic heterocycles. The zero-order valence-corrected chi connectivity index (χ0v) is 15.7. The Morgan fingerprint density at radius 2 is 1.88 bits per heavy atom. The van der Waals surface area contributed by atoms with E-state index in [1.54, 1.807) is 25.1 Å². The van der Waals surface area contributed by atoms with Crippen LogP contribution in [0, 0.1) is 13.8 Å². The monoisotopic (exact) mass is 358 g/mol. The van der Waals surface area contributed by atoms with Gasteiger partial charge in [0.1, 0.15) is 5.75 Å². The summed E-state index contributed by atoms with van der Waals surface area (Å²) in [5, 5.41) is 4.89. The van der Waals surface area contributed by atoms with Crippen molar-refractivity contribution >= 4 is 23.2 Å². The summed E-state index contributed by atoms with van der Waals surface area (Å²) in [7, 11) is 0. The molecule has 5 heteroatoms. The quantitative estimate of drug-likeness (QED) is 0.603. The van der Waals surface area contributed by atoms with Crippen LogP contribution in [-0.2, 0) is 4.79 Å². The van der Waals surface area contributed by atoms with Crippen LogP contribution in [0.25, 0.3) is 0 Å². The fourth-order valence-corrected chi connectivity index (χ4v) is 2.52. The summed E-state index contributed by atoms with van der Waals surface area (Å²) in [5.74, 6) is 0.331. The van der Waals surface area contributed by atoms with E-state index < -0.39 is 6.10 Å². The molecule has 1 amide bonds. The van der Waals surface area contributed by atoms with Crippen LogP contribution in [0.1, 0.15) is 37.0 Å². The lowest BCUT2D eigenvalue weighted by Gasteiger charge is -2.15. The lowest BCUT2D eigenvalue weighted by atomic mass is 10.1. The van der Waals surface area contributed by atoms with Gasteiger partial charge in [0.15, 0.2) is 6.10 Å². The summed E-state index contributed by atoms with van der Waals surface area (Å²) in [6, 6.07) is 13.3. The second kappa shape index (κ2) is 8.67. The molecule has 2 aromatic carbocycles. The van der Waals surface area contributed by atoms with E-state index in [0.29, 0.717) is 10.8 Å². The molecule has 1 N–H and O–H groups in total. The highest BCUT2D eigenvalue weighted by atomic mass is 35.5. The van der Waals surface area contributed by atoms with Crippen LogP contribution in [0.5, 0.6) is 5.75 Å². The van der Waals surface area contributed by atoms with E-state index in [0.717, 1.165) is 23.3 Å². The van der Waals surface area contributed by atoms with Crippen molar-refractivity contribution in [1.82, 2.24) is 5.43 Å². The van der Waals surface area contributed by atoms with Crippen molar-refractivity contribution in [3.8, 4) is 5.75 Å². The first-order chi connectivity index (χ1) is 11.9. The van der Waals surface area contributed by atoms with Crippen LogP contribution in [0.2, 0.25) is 5.02 Å². The summed E-state index contributed by atoms with van der Waals surface area (Å²) in [6.07, 6.45) is 0.0502. The molecule has 0 fully saturated rings. The Labute approximate surface area is 153 Å². The van der Waals surface area contributed by atoms with Crippen LogP contribution < -0.4 is 10.2 Å². The second-order valence-electron chi connectivity index (χ2n) is 5.92. The van der Waals surface area contributed by atoms with Gasteiger partial charge in [-0.15, -0.1) is 0 Å². The molecule has 1 atom stereocenters. The molecule has 0 spiro atoms. The molecule has 0 radical (unpaired) electrons. The molecule has 0 aliphatic carbocycles. The molecule has 0 saturated heterocycles. The molecule has 0 aliphatic heterocycles. The first kappa shape index (κ1) is 19.0. The molecule has 1 unspecified atom stereocenters. The second-order valence-corrected chi connectivity index (χ2v) is 6.36. The molecule has 25 heavy (non-hydrogen) atoms. The summed E-state index contributed by atoms with van der Waals surface area (Å²) >= 11 is 5.93. The van der Waals surface area contributed by atoms with Crippen LogP contribution >= 0.6 is 11.6 Å². The van der Waals surface area contributed by atoms with Gasteiger partial charge < -0.3 is 4.74 Å². The van der Waals surface area contributed by atoms with Crippen molar-refractivity contribution in [2.45, 2.75) is 40.2 Å². The number of aryl methyl sites for hydroxylation is 2. The summed E-state index contributed by atoms with van der Waals surface area (Å²) < 4.78 is 5.71. The van der Waals surface area contributed by atoms with Crippen LogP contribution in [0.3, 0.4) is 0 Å². The van der Waals surface area contributed by atoms with E-state index in [2.05, 4.69) is 10.5 Å². The van der Waals surface area contributed by atoms with Gasteiger partial charge in [0.05, 0.1) is 5.71 Å². The first-order valence-corrected chi connectivity index (χ1v) is 8.64. The Kier molecular flexibility index (Phi) is 6.59. The fourth-order valence-electron chi connectivity index (χ4n) is 2.30. The number of carbonyl (C=O) groups is 1. The van der Waals surface area contributed by atoms with Gasteiger partial charge in [-0.2, -0.15) is 5.10 Å². The van der Waals surface area contributed by atoms with Crippen molar-refractivity contribution in [2.24, 2.45) is 5.10 Å². The van der Waals surface area contributed by atoms with E-state index in [1.807, 2.05) is 45.0 Å². The van der Waals surface area contributed by atoms with Gasteiger partial charge in [0, 0.05) is 5.02 Å². The SMILES string of the molecule is CCC(=NNC(=O)C(C)Oc1ccc(Cl)cc1C)c1ccc(C)cc1. The standard InChI is InChI=1S/C20H23ClN2O2/c1-5-18(16-8-6-13(2)7-9-16)22-23-20(24)15(4)25-19-11-10-17(21)12-14(19)3/h6-12,15H,5H2,1-4H3,(H,23,24). The topological polar surface area (TPSA) is 50.7 Å². The molecule has 132 valence electrons. The number of hydrogen-bond acceptors (Lipinski definition) is 3. The number of ether oxygens (including phenoxy) is 1. The number of amides is 1. The molecule has 0 aliphatic rings. The third-order valence-corrected chi connectivity index (χ3v) is 4.07. The largest absolute Gasteiger partial charge is 0.481 e. The van der Waals surface area contributed by atoms with Crippen molar-refractivity contribution in [2.75, 3.05) is 0 Å². The van der Waals surface area contributed by atoms with Gasteiger partial charge in [-0.3, -0.25) is 4.79 Å². The highest BCUT2D eigenvalue weighted by Gasteiger charge is 2.15. The van der Waals surface area contributed by atoms with Crippen LogP contribution in [0.15, 0.2) is 47.6 Å². The Balaban J connectivity index is 2.03. The summed E-state index contributed by atoms with van der Waals surface area (Å²) in [5.41, 5.74) is 6.48. The summed E-state index contributed by atoms with van der Waals surface area (Å²) in [6.45, 7) is 7.61. The van der Waals surface area contributed by atoms with E-state index >= 15 is 0 Å². The zero-order valence-electron chi connectivity index (χ0n) is 15.0. The average Bonchev–Trinajstić information content (AvgIpc) is 2.59. The third-order valence-electron chi connectivity index (χ3n) is 3.83. The Morgan fingerprint density at radius 1 is 1.20 bits per heavy atom. The molecule has 0 saturated carbocycles. The Hall–Kier alpha value is -2.33. The van der Waals surface area contributed by atoms with Gasteiger partial charge >= 0.3 is 0 Å². The van der Waals surface area contributed by atoms with Crippen molar-refractivity contribution < 1.29 is 9.53 Å². The molecule has 0 heterocycles. The molecule has 2 rings (SSSR count). The maximum atomic E-state index is 12.3. The molecule has 0 bridgehead atoms. The van der Waals surface area contributed by atoms with E-state index in [1.165, 1.54) is 5.56 Å². The predicted molar refractivity (Wildman–Crippen MR) is 102 cm³/mol. The maximum Gasteiger partial charge on any atom is 0.280 e. The number of rotatable bonds is 6. The molecule has 2 aromatic rings. The highest BCUT2D eigenvalue weighted by molar-refractivity contribution is 6.30. The highest BCUT2D eigenvalue weighted by Crippen LogP contribution is 2.22. The number of halogens is 1. The lowest BCUT2D eigenvalue weighted by Crippen LogP contribution is -2.34. The normalized spacial score (nSPS) is 12.6. The molecular formula is C20H23ClN2O2. The smallest absolute Gasteiger partial charge is 0.280 e. The first-order valence-electron chi connectivity index (χ1n) is 8.27. The minimum atomic E-state index is -0.667.